The van der Waals surface area contributed by atoms with Crippen LogP contribution in [0.2, 0.25) is 0 Å². The van der Waals surface area contributed by atoms with Crippen LogP contribution in [0.3, 0.4) is 0 Å². The number of benzene rings is 2. The summed E-state index contributed by atoms with van der Waals surface area (Å²) in [5.74, 6) is -2.86. The normalized spacial score (nSPS) is 19.4. The van der Waals surface area contributed by atoms with Crippen LogP contribution >= 0.6 is 0 Å². The van der Waals surface area contributed by atoms with E-state index in [0.717, 1.165) is 4.90 Å². The molecule has 1 heterocycles. The first-order chi connectivity index (χ1) is 19.2. The van der Waals surface area contributed by atoms with Crippen molar-refractivity contribution in [2.45, 2.75) is 70.4 Å². The Balaban J connectivity index is 1.94. The van der Waals surface area contributed by atoms with Gasteiger partial charge in [0.2, 0.25) is 11.8 Å². The first-order valence-corrected chi connectivity index (χ1v) is 13.3. The monoisotopic (exact) mass is 605 g/mol. The van der Waals surface area contributed by atoms with Crippen LogP contribution in [0.25, 0.3) is 0 Å². The predicted molar refractivity (Wildman–Crippen MR) is 140 cm³/mol. The van der Waals surface area contributed by atoms with Crippen molar-refractivity contribution >= 4 is 11.8 Å². The number of aryl methyl sites for hydroxylation is 1. The molecule has 0 unspecified atom stereocenters. The van der Waals surface area contributed by atoms with E-state index in [1.54, 1.807) is 11.9 Å². The second-order valence-corrected chi connectivity index (χ2v) is 11.4. The molecule has 1 aliphatic heterocycles. The van der Waals surface area contributed by atoms with Gasteiger partial charge in [0.25, 0.3) is 0 Å². The Labute approximate surface area is 239 Å². The van der Waals surface area contributed by atoms with Gasteiger partial charge >= 0.3 is 12.4 Å². The Morgan fingerprint density at radius 3 is 2.12 bits per heavy atom. The molecule has 0 bridgehead atoms. The topological polar surface area (TPSA) is 72.9 Å². The van der Waals surface area contributed by atoms with Crippen molar-refractivity contribution in [2.75, 3.05) is 20.1 Å². The number of halogens is 7. The molecule has 1 aliphatic rings. The van der Waals surface area contributed by atoms with Crippen LogP contribution in [0.15, 0.2) is 36.4 Å². The van der Waals surface area contributed by atoms with E-state index in [1.165, 1.54) is 46.0 Å². The number of alkyl halides is 6. The summed E-state index contributed by atoms with van der Waals surface area (Å²) >= 11 is 0. The minimum Gasteiger partial charge on any atom is -0.390 e. The van der Waals surface area contributed by atoms with Gasteiger partial charge in [-0.25, -0.2) is 9.40 Å². The number of aliphatic hydroxyl groups is 1. The zero-order valence-electron chi connectivity index (χ0n) is 23.8. The maximum Gasteiger partial charge on any atom is 0.416 e. The summed E-state index contributed by atoms with van der Waals surface area (Å²) in [7, 11) is 1.31. The van der Waals surface area contributed by atoms with E-state index in [4.69, 9.17) is 0 Å². The van der Waals surface area contributed by atoms with Crippen molar-refractivity contribution in [3.8, 4) is 0 Å². The summed E-state index contributed by atoms with van der Waals surface area (Å²) in [6, 6.07) is 4.12. The number of piperidine rings is 1. The standard InChI is InChI=1S/C29H34F7N3O3/c1-16-10-21(30)6-7-22(16)24-15-39(37-25(40)14-27(3,4)42)9-8-23(24)26(41)38(5)17(2)18-11-19(28(31,32)33)13-20(12-18)29(34,35)36/h6-7,10-13,17,23-24,42H,8-9,14-15H2,1-5H3,(H,37,40)/t17-,23+,24-/m1/s1. The van der Waals surface area contributed by atoms with Crippen molar-refractivity contribution < 1.29 is 45.4 Å². The second-order valence-electron chi connectivity index (χ2n) is 11.4. The van der Waals surface area contributed by atoms with E-state index in [1.807, 2.05) is 0 Å². The molecular weight excluding hydrogens is 571 g/mol. The highest BCUT2D eigenvalue weighted by Gasteiger charge is 2.41. The van der Waals surface area contributed by atoms with Crippen LogP contribution in [0.5, 0.6) is 0 Å². The number of hydrogen-bond donors (Lipinski definition) is 2. The molecule has 232 valence electrons. The van der Waals surface area contributed by atoms with Crippen molar-refractivity contribution in [1.82, 2.24) is 15.3 Å². The lowest BCUT2D eigenvalue weighted by molar-refractivity contribution is -0.143. The summed E-state index contributed by atoms with van der Waals surface area (Å²) in [5.41, 5.74) is -0.706. The van der Waals surface area contributed by atoms with Crippen LogP contribution in [-0.2, 0) is 21.9 Å². The van der Waals surface area contributed by atoms with E-state index in [2.05, 4.69) is 5.43 Å². The number of rotatable bonds is 7. The van der Waals surface area contributed by atoms with E-state index in [-0.39, 0.29) is 37.6 Å². The van der Waals surface area contributed by atoms with Crippen molar-refractivity contribution in [3.63, 3.8) is 0 Å². The maximum atomic E-state index is 13.9. The average molecular weight is 606 g/mol. The fraction of sp³-hybridized carbons (Fsp3) is 0.517. The molecule has 0 saturated carbocycles. The molecule has 1 fully saturated rings. The molecule has 0 radical (unpaired) electrons. The average Bonchev–Trinajstić information content (AvgIpc) is 2.85. The molecule has 3 atom stereocenters. The van der Waals surface area contributed by atoms with Gasteiger partial charge in [-0.3, -0.25) is 15.0 Å². The number of hydrogen-bond acceptors (Lipinski definition) is 4. The molecule has 1 saturated heterocycles. The third kappa shape index (κ3) is 8.21. The Kier molecular flexibility index (Phi) is 9.67. The van der Waals surface area contributed by atoms with Gasteiger partial charge in [-0.15, -0.1) is 0 Å². The van der Waals surface area contributed by atoms with Crippen LogP contribution in [0.4, 0.5) is 30.7 Å². The lowest BCUT2D eigenvalue weighted by Gasteiger charge is -2.41. The van der Waals surface area contributed by atoms with Crippen LogP contribution < -0.4 is 5.43 Å². The Morgan fingerprint density at radius 1 is 1.05 bits per heavy atom. The Morgan fingerprint density at radius 2 is 1.62 bits per heavy atom. The summed E-state index contributed by atoms with van der Waals surface area (Å²) in [5, 5.41) is 11.5. The zero-order chi connectivity index (χ0) is 31.8. The Hall–Kier alpha value is -3.19. The SMILES string of the molecule is Cc1cc(F)ccc1[C@H]1CN(NC(=O)CC(C)(C)O)CC[C@@H]1C(=O)N(C)[C@H](C)c1cc(C(F)(F)F)cc(C(F)(F)F)c1. The summed E-state index contributed by atoms with van der Waals surface area (Å²) < 4.78 is 94.6. The maximum absolute atomic E-state index is 13.9. The van der Waals surface area contributed by atoms with Crippen molar-refractivity contribution in [3.05, 3.63) is 70.0 Å². The van der Waals surface area contributed by atoms with Gasteiger partial charge < -0.3 is 10.0 Å². The fourth-order valence-corrected chi connectivity index (χ4v) is 5.22. The highest BCUT2D eigenvalue weighted by Crippen LogP contribution is 2.40. The van der Waals surface area contributed by atoms with Gasteiger partial charge in [-0.05, 0) is 81.1 Å². The van der Waals surface area contributed by atoms with Gasteiger partial charge in [-0.2, -0.15) is 26.3 Å². The van der Waals surface area contributed by atoms with Crippen molar-refractivity contribution in [1.29, 1.82) is 0 Å². The van der Waals surface area contributed by atoms with Crippen LogP contribution in [-0.4, -0.2) is 52.6 Å². The molecule has 2 aromatic rings. The number of carbonyl (C=O) groups excluding carboxylic acids is 2. The van der Waals surface area contributed by atoms with Gasteiger partial charge in [0, 0.05) is 32.0 Å². The predicted octanol–water partition coefficient (Wildman–Crippen LogP) is 5.99. The molecule has 6 nitrogen and oxygen atoms in total. The number of amides is 2. The smallest absolute Gasteiger partial charge is 0.390 e. The second kappa shape index (κ2) is 12.2. The molecule has 0 aromatic heterocycles. The number of hydrazine groups is 1. The molecule has 2 aromatic carbocycles. The van der Waals surface area contributed by atoms with Gasteiger partial charge in [-0.1, -0.05) is 6.07 Å². The number of nitrogens with one attached hydrogen (secondary N) is 1. The third-order valence-corrected chi connectivity index (χ3v) is 7.46. The summed E-state index contributed by atoms with van der Waals surface area (Å²) in [4.78, 5) is 27.4. The van der Waals surface area contributed by atoms with E-state index in [9.17, 15) is 45.4 Å². The van der Waals surface area contributed by atoms with E-state index >= 15 is 0 Å². The molecule has 0 aliphatic carbocycles. The first kappa shape index (κ1) is 33.3. The van der Waals surface area contributed by atoms with E-state index in [0.29, 0.717) is 23.3 Å². The minimum atomic E-state index is -5.04. The van der Waals surface area contributed by atoms with Crippen LogP contribution in [0, 0.1) is 18.7 Å². The highest BCUT2D eigenvalue weighted by atomic mass is 19.4. The molecule has 2 N–H and O–H groups in total. The summed E-state index contributed by atoms with van der Waals surface area (Å²) in [6.07, 6.45) is -10.1. The lowest BCUT2D eigenvalue weighted by Crippen LogP contribution is -2.53. The molecule has 13 heteroatoms. The number of carbonyl (C=O) groups is 2. The van der Waals surface area contributed by atoms with Crippen LogP contribution in [0.1, 0.15) is 73.4 Å². The quantitative estimate of drug-likeness (QED) is 0.381. The molecule has 0 spiro atoms. The largest absolute Gasteiger partial charge is 0.416 e. The third-order valence-electron chi connectivity index (χ3n) is 7.46. The lowest BCUT2D eigenvalue weighted by atomic mass is 9.78. The fourth-order valence-electron chi connectivity index (χ4n) is 5.22. The zero-order valence-corrected chi connectivity index (χ0v) is 23.8. The minimum absolute atomic E-state index is 0.0350. The Bertz CT molecular complexity index is 1270. The summed E-state index contributed by atoms with van der Waals surface area (Å²) in [6.45, 7) is 6.26. The number of nitrogens with zero attached hydrogens (tertiary/aromatic N) is 2. The van der Waals surface area contributed by atoms with Crippen molar-refractivity contribution in [2.24, 2.45) is 5.92 Å². The first-order valence-electron chi connectivity index (χ1n) is 13.3. The molecule has 3 rings (SSSR count). The molecule has 2 amide bonds. The van der Waals surface area contributed by atoms with E-state index < -0.39 is 64.6 Å². The van der Waals surface area contributed by atoms with Gasteiger partial charge in [0.1, 0.15) is 5.82 Å². The van der Waals surface area contributed by atoms with Gasteiger partial charge in [0.05, 0.1) is 29.2 Å². The highest BCUT2D eigenvalue weighted by molar-refractivity contribution is 5.81. The van der Waals surface area contributed by atoms with Gasteiger partial charge in [0.15, 0.2) is 0 Å². The molecule has 42 heavy (non-hydrogen) atoms. The molecular formula is C29H34F7N3O3.